The Morgan fingerprint density at radius 3 is 2.59 bits per heavy atom. The van der Waals surface area contributed by atoms with E-state index in [1.54, 1.807) is 25.3 Å². The number of esters is 1. The van der Waals surface area contributed by atoms with E-state index in [1.165, 1.54) is 63.2 Å². The molecular formula is C45H58O6. The van der Waals surface area contributed by atoms with Gasteiger partial charge in [-0.1, -0.05) is 83.7 Å². The molecule has 51 heavy (non-hydrogen) atoms. The molecule has 0 saturated heterocycles. The number of rotatable bonds is 11. The van der Waals surface area contributed by atoms with Crippen molar-refractivity contribution in [3.05, 3.63) is 70.6 Å². The minimum absolute atomic E-state index is 0.114. The molecule has 0 spiro atoms. The highest BCUT2D eigenvalue weighted by Crippen LogP contribution is 2.67. The van der Waals surface area contributed by atoms with Gasteiger partial charge in [0.05, 0.1) is 18.1 Å². The highest BCUT2D eigenvalue weighted by Gasteiger charge is 2.59. The lowest BCUT2D eigenvalue weighted by molar-refractivity contribution is -0.153. The van der Waals surface area contributed by atoms with Crippen LogP contribution < -0.4 is 14.9 Å². The van der Waals surface area contributed by atoms with Crippen molar-refractivity contribution in [3.8, 4) is 22.6 Å². The second-order valence-electron chi connectivity index (χ2n) is 17.3. The number of benzene rings is 2. The summed E-state index contributed by atoms with van der Waals surface area (Å²) in [5.41, 5.74) is 3.56. The molecule has 6 heteroatoms. The number of fused-ring (bicyclic) bond motifs is 6. The molecule has 6 nitrogen and oxygen atoms in total. The first-order valence-electron chi connectivity index (χ1n) is 19.7. The zero-order valence-corrected chi connectivity index (χ0v) is 31.7. The van der Waals surface area contributed by atoms with Crippen LogP contribution in [0.15, 0.2) is 69.6 Å². The fraction of sp³-hybridized carbons (Fsp3) is 0.600. The molecule has 4 aliphatic rings. The van der Waals surface area contributed by atoms with Gasteiger partial charge in [0.25, 0.3) is 0 Å². The van der Waals surface area contributed by atoms with Crippen molar-refractivity contribution in [1.82, 2.24) is 0 Å². The summed E-state index contributed by atoms with van der Waals surface area (Å²) in [7, 11) is 1.58. The van der Waals surface area contributed by atoms with Crippen LogP contribution in [0.4, 0.5) is 0 Å². The molecular weight excluding hydrogens is 636 g/mol. The number of hydrogen-bond donors (Lipinski definition) is 0. The predicted octanol–water partition coefficient (Wildman–Crippen LogP) is 10.8. The van der Waals surface area contributed by atoms with E-state index >= 15 is 0 Å². The molecule has 3 fully saturated rings. The highest BCUT2D eigenvalue weighted by molar-refractivity contribution is 5.84. The lowest BCUT2D eigenvalue weighted by atomic mass is 9.47. The van der Waals surface area contributed by atoms with Gasteiger partial charge in [0.15, 0.2) is 6.61 Å². The van der Waals surface area contributed by atoms with E-state index in [9.17, 15) is 9.59 Å². The number of methoxy groups -OCH3 is 1. The number of ether oxygens (including phenoxy) is 3. The molecule has 0 bridgehead atoms. The van der Waals surface area contributed by atoms with Crippen molar-refractivity contribution in [1.29, 1.82) is 0 Å². The molecule has 0 amide bonds. The van der Waals surface area contributed by atoms with Gasteiger partial charge in [-0.2, -0.15) is 0 Å². The van der Waals surface area contributed by atoms with Gasteiger partial charge in [-0.25, -0.2) is 4.79 Å². The first-order chi connectivity index (χ1) is 24.5. The Morgan fingerprint density at radius 1 is 0.961 bits per heavy atom. The van der Waals surface area contributed by atoms with Gasteiger partial charge in [-0.3, -0.25) is 4.79 Å². The lowest BCUT2D eigenvalue weighted by Crippen LogP contribution is -2.51. The van der Waals surface area contributed by atoms with Gasteiger partial charge < -0.3 is 18.6 Å². The number of allylic oxidation sites excluding steroid dienone is 1. The summed E-state index contributed by atoms with van der Waals surface area (Å²) in [5.74, 6) is 5.57. The standard InChI is InChI=1S/C45H58O6/c1-28(2)10-9-11-29(3)37-18-19-38-34-16-14-30-24-32(20-22-44(30,4)39(34)21-23-45(37,38)5)51-42(46)27-49-31-15-17-35-41(25-31)50-26-36(43(35)47)33-12-7-8-13-40(33)48-6/h7-8,12-15,17,25-26,28-29,32,34,37-39H,9-11,16,18-24,27H2,1-6H3/t29-,32-,34+,37-,38+,39+,44-,45+/m1/s1. The quantitative estimate of drug-likeness (QED) is 0.147. The van der Waals surface area contributed by atoms with Gasteiger partial charge in [-0.15, -0.1) is 0 Å². The predicted molar refractivity (Wildman–Crippen MR) is 203 cm³/mol. The maximum Gasteiger partial charge on any atom is 0.344 e. The van der Waals surface area contributed by atoms with Gasteiger partial charge in [0.2, 0.25) is 5.43 Å². The molecule has 4 aliphatic carbocycles. The summed E-state index contributed by atoms with van der Waals surface area (Å²) in [4.78, 5) is 26.3. The van der Waals surface area contributed by atoms with E-state index in [0.29, 0.717) is 39.0 Å². The van der Waals surface area contributed by atoms with Crippen LogP contribution in [0.1, 0.15) is 105 Å². The van der Waals surface area contributed by atoms with E-state index in [4.69, 9.17) is 18.6 Å². The van der Waals surface area contributed by atoms with Crippen LogP contribution in [0.25, 0.3) is 22.1 Å². The van der Waals surface area contributed by atoms with E-state index in [0.717, 1.165) is 54.8 Å². The van der Waals surface area contributed by atoms with Crippen LogP contribution in [0.3, 0.4) is 0 Å². The van der Waals surface area contributed by atoms with Gasteiger partial charge in [-0.05, 0) is 109 Å². The summed E-state index contributed by atoms with van der Waals surface area (Å²) < 4.78 is 23.2. The minimum Gasteiger partial charge on any atom is -0.496 e. The number of carbonyl (C=O) groups is 1. The maximum absolute atomic E-state index is 13.3. The molecule has 0 radical (unpaired) electrons. The summed E-state index contributed by atoms with van der Waals surface area (Å²) in [6, 6.07) is 12.4. The van der Waals surface area contributed by atoms with Gasteiger partial charge in [0, 0.05) is 18.1 Å². The second-order valence-corrected chi connectivity index (χ2v) is 17.3. The van der Waals surface area contributed by atoms with Crippen molar-refractivity contribution in [2.75, 3.05) is 13.7 Å². The largest absolute Gasteiger partial charge is 0.496 e. The highest BCUT2D eigenvalue weighted by atomic mass is 16.6. The van der Waals surface area contributed by atoms with Gasteiger partial charge >= 0.3 is 5.97 Å². The Hall–Kier alpha value is -3.54. The van der Waals surface area contributed by atoms with E-state index in [1.807, 2.05) is 24.3 Å². The Bertz CT molecular complexity index is 1820. The first kappa shape index (κ1) is 35.8. The molecule has 7 rings (SSSR count). The van der Waals surface area contributed by atoms with Crippen LogP contribution >= 0.6 is 0 Å². The Labute approximate surface area is 304 Å². The molecule has 0 unspecified atom stereocenters. The molecule has 2 aromatic carbocycles. The summed E-state index contributed by atoms with van der Waals surface area (Å²) in [6.07, 6.45) is 17.6. The van der Waals surface area contributed by atoms with Crippen molar-refractivity contribution >= 4 is 16.9 Å². The molecule has 3 saturated carbocycles. The first-order valence-corrected chi connectivity index (χ1v) is 19.7. The van der Waals surface area contributed by atoms with Crippen molar-refractivity contribution < 1.29 is 23.4 Å². The third-order valence-corrected chi connectivity index (χ3v) is 14.1. The minimum atomic E-state index is -0.362. The maximum atomic E-state index is 13.3. The fourth-order valence-corrected chi connectivity index (χ4v) is 11.4. The zero-order valence-electron chi connectivity index (χ0n) is 31.7. The molecule has 1 aromatic heterocycles. The molecule has 274 valence electrons. The van der Waals surface area contributed by atoms with Crippen molar-refractivity contribution in [2.45, 2.75) is 111 Å². The van der Waals surface area contributed by atoms with Crippen molar-refractivity contribution in [3.63, 3.8) is 0 Å². The van der Waals surface area contributed by atoms with E-state index in [-0.39, 0.29) is 29.5 Å². The molecule has 1 heterocycles. The number of carbonyl (C=O) groups excluding carboxylic acids is 1. The number of hydrogen-bond acceptors (Lipinski definition) is 6. The molecule has 3 aromatic rings. The second kappa shape index (κ2) is 14.5. The number of para-hydroxylation sites is 1. The lowest BCUT2D eigenvalue weighted by Gasteiger charge is -2.58. The topological polar surface area (TPSA) is 75.0 Å². The van der Waals surface area contributed by atoms with Crippen LogP contribution in [0.2, 0.25) is 0 Å². The Balaban J connectivity index is 0.950. The normalized spacial score (nSPS) is 30.6. The molecule has 0 aliphatic heterocycles. The average molecular weight is 695 g/mol. The summed E-state index contributed by atoms with van der Waals surface area (Å²) >= 11 is 0. The smallest absolute Gasteiger partial charge is 0.344 e. The fourth-order valence-electron chi connectivity index (χ4n) is 11.4. The van der Waals surface area contributed by atoms with Crippen LogP contribution in [0.5, 0.6) is 11.5 Å². The molecule has 8 atom stereocenters. The van der Waals surface area contributed by atoms with E-state index < -0.39 is 0 Å². The van der Waals surface area contributed by atoms with Crippen LogP contribution in [-0.4, -0.2) is 25.8 Å². The Kier molecular flexibility index (Phi) is 10.2. The van der Waals surface area contributed by atoms with Gasteiger partial charge in [0.1, 0.15) is 29.4 Å². The zero-order chi connectivity index (χ0) is 35.9. The Morgan fingerprint density at radius 2 is 1.78 bits per heavy atom. The third kappa shape index (κ3) is 6.77. The average Bonchev–Trinajstić information content (AvgIpc) is 3.48. The summed E-state index contributed by atoms with van der Waals surface area (Å²) in [6.45, 7) is 12.3. The third-order valence-electron chi connectivity index (χ3n) is 14.1. The monoisotopic (exact) mass is 694 g/mol. The van der Waals surface area contributed by atoms with E-state index in [2.05, 4.69) is 40.7 Å². The van der Waals surface area contributed by atoms with Crippen LogP contribution in [0, 0.1) is 46.3 Å². The van der Waals surface area contributed by atoms with Crippen molar-refractivity contribution in [2.24, 2.45) is 46.3 Å². The van der Waals surface area contributed by atoms with Crippen LogP contribution in [-0.2, 0) is 9.53 Å². The summed E-state index contributed by atoms with van der Waals surface area (Å²) in [5, 5.41) is 0.434. The SMILES string of the molecule is COc1ccccc1-c1coc2cc(OCC(=O)O[C@@H]3CC[C@]4(C)C(=CC[C@H]5[C@@H]6CC[C@H]([C@H](C)CCCC(C)C)[C@]6(C)CC[C@@H]54)C3)ccc2c1=O. The molecule has 0 N–H and O–H groups in total.